The SMILES string of the molecule is CCc1ccc2c(c1)-c1cc3ccc1C2(C1(C)CC2(C(F)(F)F)c4ccccc4-c4ccc1cc42)CC(CC)(C1(C(F)(F)F)c2ccccc2-c2ccccc21)CC3. The van der Waals surface area contributed by atoms with Crippen molar-refractivity contribution < 1.29 is 26.3 Å². The first-order valence-corrected chi connectivity index (χ1v) is 20.6. The van der Waals surface area contributed by atoms with Gasteiger partial charge in [0.15, 0.2) is 0 Å². The zero-order valence-electron chi connectivity index (χ0n) is 32.6. The van der Waals surface area contributed by atoms with Gasteiger partial charge in [0.05, 0.1) is 0 Å². The highest BCUT2D eigenvalue weighted by molar-refractivity contribution is 5.88. The minimum absolute atomic E-state index is 0.00931. The topological polar surface area (TPSA) is 0 Å². The minimum Gasteiger partial charge on any atom is -0.170 e. The maximum absolute atomic E-state index is 17.3. The van der Waals surface area contributed by atoms with Crippen LogP contribution in [0.3, 0.4) is 0 Å². The molecule has 6 aliphatic rings. The number of hydrogen-bond donors (Lipinski definition) is 0. The normalized spacial score (nSPS) is 26.6. The van der Waals surface area contributed by atoms with Gasteiger partial charge in [0.2, 0.25) is 0 Å². The van der Waals surface area contributed by atoms with Crippen LogP contribution in [0.25, 0.3) is 33.4 Å². The highest BCUT2D eigenvalue weighted by Crippen LogP contribution is 2.75. The van der Waals surface area contributed by atoms with E-state index in [1.165, 1.54) is 0 Å². The number of alkyl halides is 6. The molecule has 4 atom stereocenters. The van der Waals surface area contributed by atoms with Gasteiger partial charge in [-0.1, -0.05) is 148 Å². The van der Waals surface area contributed by atoms with Crippen molar-refractivity contribution in [3.63, 3.8) is 0 Å². The Morgan fingerprint density at radius 3 is 1.69 bits per heavy atom. The smallest absolute Gasteiger partial charge is 0.170 e. The fraction of sp³-hybridized carbons (Fsp3) is 0.308. The van der Waals surface area contributed by atoms with E-state index in [-0.39, 0.29) is 47.9 Å². The summed E-state index contributed by atoms with van der Waals surface area (Å²) in [4.78, 5) is 0. The number of benzene rings is 6. The number of rotatable bonds is 4. The van der Waals surface area contributed by atoms with E-state index in [9.17, 15) is 0 Å². The summed E-state index contributed by atoms with van der Waals surface area (Å²) in [5, 5.41) is 0. The molecule has 0 nitrogen and oxygen atoms in total. The lowest BCUT2D eigenvalue weighted by molar-refractivity contribution is -0.218. The largest absolute Gasteiger partial charge is 0.402 e. The molecule has 0 saturated heterocycles. The third-order valence-electron chi connectivity index (χ3n) is 16.0. The van der Waals surface area contributed by atoms with Crippen molar-refractivity contribution in [3.05, 3.63) is 177 Å². The number of halogens is 6. The van der Waals surface area contributed by atoms with Crippen LogP contribution < -0.4 is 0 Å². The third-order valence-corrected chi connectivity index (χ3v) is 16.0. The van der Waals surface area contributed by atoms with Crippen LogP contribution in [0.4, 0.5) is 26.3 Å². The summed E-state index contributed by atoms with van der Waals surface area (Å²) in [6.45, 7) is 5.91. The molecule has 0 radical (unpaired) electrons. The van der Waals surface area contributed by atoms with Crippen molar-refractivity contribution in [2.75, 3.05) is 0 Å². The molecule has 0 heterocycles. The molecule has 58 heavy (non-hydrogen) atoms. The molecule has 4 unspecified atom stereocenters. The van der Waals surface area contributed by atoms with E-state index >= 15 is 26.3 Å². The van der Waals surface area contributed by atoms with E-state index in [0.717, 1.165) is 45.4 Å². The van der Waals surface area contributed by atoms with Crippen LogP contribution >= 0.6 is 0 Å². The quantitative estimate of drug-likeness (QED) is 0.156. The second-order valence-electron chi connectivity index (χ2n) is 17.9. The standard InChI is InChI=1S/C52H42F6/c1-4-31-18-22-41-38(26-31)39-27-32-19-23-42(39)48(41,46(3)29-49(51(53,54)55)40-15-9-6-12-34(40)37-21-20-33(46)28-45(37)49)30-47(5-2,25-24-32)50(52(56,57)58)43-16-10-7-13-35(43)36-14-8-11-17-44(36)50/h6-23,26-28H,4-5,24-25,29-30H2,1-3H3. The van der Waals surface area contributed by atoms with Crippen molar-refractivity contribution in [2.45, 2.75) is 93.3 Å². The highest BCUT2D eigenvalue weighted by atomic mass is 19.4. The Morgan fingerprint density at radius 2 is 1.09 bits per heavy atom. The number of fused-ring (bicyclic) bond motifs is 12. The predicted molar refractivity (Wildman–Crippen MR) is 217 cm³/mol. The summed E-state index contributed by atoms with van der Waals surface area (Å²) in [5.41, 5.74) is 0.549. The Balaban J connectivity index is 1.29. The van der Waals surface area contributed by atoms with Gasteiger partial charge in [0, 0.05) is 10.8 Å². The summed E-state index contributed by atoms with van der Waals surface area (Å²) in [6, 6.07) is 38.9. The Bertz CT molecular complexity index is 2690. The van der Waals surface area contributed by atoms with Gasteiger partial charge < -0.3 is 0 Å². The second-order valence-corrected chi connectivity index (χ2v) is 17.9. The van der Waals surface area contributed by atoms with Gasteiger partial charge in [0.25, 0.3) is 0 Å². The van der Waals surface area contributed by atoms with E-state index < -0.39 is 39.4 Å². The van der Waals surface area contributed by atoms with Gasteiger partial charge in [-0.05, 0) is 127 Å². The van der Waals surface area contributed by atoms with Gasteiger partial charge in [-0.2, -0.15) is 26.3 Å². The molecule has 6 heteroatoms. The van der Waals surface area contributed by atoms with E-state index in [4.69, 9.17) is 0 Å². The van der Waals surface area contributed by atoms with Gasteiger partial charge in [-0.15, -0.1) is 0 Å². The van der Waals surface area contributed by atoms with E-state index in [1.807, 2.05) is 38.1 Å². The lowest BCUT2D eigenvalue weighted by atomic mass is 9.42. The summed E-state index contributed by atoms with van der Waals surface area (Å²) < 4.78 is 102. The summed E-state index contributed by atoms with van der Waals surface area (Å²) in [5.74, 6) is 0. The van der Waals surface area contributed by atoms with Crippen molar-refractivity contribution in [1.82, 2.24) is 0 Å². The molecule has 292 valence electrons. The molecule has 12 rings (SSSR count). The lowest BCUT2D eigenvalue weighted by Crippen LogP contribution is -2.62. The summed E-state index contributed by atoms with van der Waals surface area (Å²) in [6.07, 6.45) is -8.30. The molecule has 6 bridgehead atoms. The molecule has 0 aliphatic heterocycles. The highest BCUT2D eigenvalue weighted by Gasteiger charge is 2.75. The van der Waals surface area contributed by atoms with Crippen LogP contribution in [0, 0.1) is 5.41 Å². The molecule has 0 spiro atoms. The zero-order valence-corrected chi connectivity index (χ0v) is 32.6. The Morgan fingerprint density at radius 1 is 0.517 bits per heavy atom. The summed E-state index contributed by atoms with van der Waals surface area (Å²) >= 11 is 0. The fourth-order valence-corrected chi connectivity index (χ4v) is 13.5. The average molecular weight is 781 g/mol. The monoisotopic (exact) mass is 780 g/mol. The van der Waals surface area contributed by atoms with Crippen LogP contribution in [0.2, 0.25) is 0 Å². The average Bonchev–Trinajstić information content (AvgIpc) is 3.84. The Labute approximate surface area is 335 Å². The van der Waals surface area contributed by atoms with Gasteiger partial charge in [-0.25, -0.2) is 0 Å². The Kier molecular flexibility index (Phi) is 7.04. The molecule has 0 N–H and O–H groups in total. The Hall–Kier alpha value is -5.10. The molecular formula is C52H42F6. The van der Waals surface area contributed by atoms with Crippen molar-refractivity contribution >= 4 is 0 Å². The van der Waals surface area contributed by atoms with Crippen LogP contribution in [-0.2, 0) is 34.5 Å². The first kappa shape index (κ1) is 36.0. The molecule has 6 aromatic carbocycles. The van der Waals surface area contributed by atoms with Crippen LogP contribution in [0.1, 0.15) is 96.5 Å². The minimum atomic E-state index is -4.76. The van der Waals surface area contributed by atoms with E-state index in [1.54, 1.807) is 78.9 Å². The van der Waals surface area contributed by atoms with Gasteiger partial charge in [-0.3, -0.25) is 0 Å². The van der Waals surface area contributed by atoms with E-state index in [2.05, 4.69) is 31.2 Å². The molecule has 0 amide bonds. The molecule has 0 saturated carbocycles. The van der Waals surface area contributed by atoms with Crippen LogP contribution in [0.15, 0.2) is 127 Å². The van der Waals surface area contributed by atoms with E-state index in [0.29, 0.717) is 28.7 Å². The first-order valence-electron chi connectivity index (χ1n) is 20.6. The summed E-state index contributed by atoms with van der Waals surface area (Å²) in [7, 11) is 0. The van der Waals surface area contributed by atoms with Gasteiger partial charge in [0.1, 0.15) is 10.8 Å². The molecule has 6 aromatic rings. The second kappa shape index (κ2) is 11.3. The van der Waals surface area contributed by atoms with Crippen molar-refractivity contribution in [3.8, 4) is 33.4 Å². The van der Waals surface area contributed by atoms with Crippen LogP contribution in [0.5, 0.6) is 0 Å². The van der Waals surface area contributed by atoms with Gasteiger partial charge >= 0.3 is 12.4 Å². The van der Waals surface area contributed by atoms with Crippen LogP contribution in [-0.4, -0.2) is 12.4 Å². The predicted octanol–water partition coefficient (Wildman–Crippen LogP) is 14.0. The molecule has 6 aliphatic carbocycles. The zero-order chi connectivity index (χ0) is 40.3. The molecule has 0 fully saturated rings. The van der Waals surface area contributed by atoms with Crippen molar-refractivity contribution in [2.24, 2.45) is 5.41 Å². The molecular weight excluding hydrogens is 739 g/mol. The third kappa shape index (κ3) is 3.92. The first-order chi connectivity index (χ1) is 27.7. The fourth-order valence-electron chi connectivity index (χ4n) is 13.5. The van der Waals surface area contributed by atoms with Crippen molar-refractivity contribution in [1.29, 1.82) is 0 Å². The number of hydrogen-bond acceptors (Lipinski definition) is 0. The number of aryl methyl sites for hydroxylation is 2. The maximum atomic E-state index is 17.3. The molecule has 0 aromatic heterocycles. The lowest BCUT2D eigenvalue weighted by Gasteiger charge is -2.60. The maximum Gasteiger partial charge on any atom is 0.402 e.